The quantitative estimate of drug-likeness (QED) is 0.490. The Balaban J connectivity index is 1.98. The number of anilines is 4. The SMILES string of the molecule is COc1cccc(Nc2ncnc(Nc3cc(C)cc(C)c3)c2[N+](=O)[O-])c1. The highest BCUT2D eigenvalue weighted by atomic mass is 16.6. The molecular formula is C19H19N5O3. The van der Waals surface area contributed by atoms with Crippen molar-refractivity contribution in [1.82, 2.24) is 9.97 Å². The summed E-state index contributed by atoms with van der Waals surface area (Å²) in [6.07, 6.45) is 1.28. The van der Waals surface area contributed by atoms with Crippen LogP contribution < -0.4 is 15.4 Å². The first kappa shape index (κ1) is 18.1. The third-order valence-corrected chi connectivity index (χ3v) is 3.82. The van der Waals surface area contributed by atoms with Gasteiger partial charge < -0.3 is 15.4 Å². The van der Waals surface area contributed by atoms with E-state index in [0.717, 1.165) is 16.8 Å². The number of rotatable bonds is 6. The molecule has 1 heterocycles. The van der Waals surface area contributed by atoms with Gasteiger partial charge >= 0.3 is 5.69 Å². The maximum Gasteiger partial charge on any atom is 0.353 e. The Bertz CT molecular complexity index is 971. The molecule has 2 N–H and O–H groups in total. The van der Waals surface area contributed by atoms with Crippen molar-refractivity contribution in [2.75, 3.05) is 17.7 Å². The molecule has 0 atom stereocenters. The van der Waals surface area contributed by atoms with Crippen LogP contribution in [0, 0.1) is 24.0 Å². The van der Waals surface area contributed by atoms with Gasteiger partial charge in [0.1, 0.15) is 12.1 Å². The smallest absolute Gasteiger partial charge is 0.353 e. The number of nitro groups is 1. The number of nitrogens with zero attached hydrogens (tertiary/aromatic N) is 3. The lowest BCUT2D eigenvalue weighted by molar-refractivity contribution is -0.383. The van der Waals surface area contributed by atoms with Gasteiger partial charge in [0.2, 0.25) is 11.6 Å². The summed E-state index contributed by atoms with van der Waals surface area (Å²) in [5, 5.41) is 17.7. The Hall–Kier alpha value is -3.68. The summed E-state index contributed by atoms with van der Waals surface area (Å²) in [7, 11) is 1.55. The van der Waals surface area contributed by atoms with E-state index < -0.39 is 4.92 Å². The second kappa shape index (κ2) is 7.69. The van der Waals surface area contributed by atoms with Gasteiger partial charge in [0.05, 0.1) is 12.0 Å². The van der Waals surface area contributed by atoms with E-state index in [2.05, 4.69) is 20.6 Å². The molecule has 0 fully saturated rings. The summed E-state index contributed by atoms with van der Waals surface area (Å²) in [5.41, 5.74) is 3.20. The standard InChI is InChI=1S/C19H19N5O3/c1-12-7-13(2)9-15(8-12)23-19-17(24(25)26)18(20-11-21-19)22-14-5-4-6-16(10-14)27-3/h4-11H,1-3H3,(H2,20,21,22,23). The molecule has 3 aromatic rings. The summed E-state index contributed by atoms with van der Waals surface area (Å²) in [6, 6.07) is 12.9. The van der Waals surface area contributed by atoms with Crippen molar-refractivity contribution in [3.05, 3.63) is 70.0 Å². The van der Waals surface area contributed by atoms with Gasteiger partial charge in [-0.1, -0.05) is 12.1 Å². The lowest BCUT2D eigenvalue weighted by Crippen LogP contribution is -2.05. The van der Waals surface area contributed by atoms with Crippen LogP contribution in [0.15, 0.2) is 48.8 Å². The summed E-state index contributed by atoms with van der Waals surface area (Å²) in [4.78, 5) is 19.3. The Morgan fingerprint density at radius 1 is 0.963 bits per heavy atom. The van der Waals surface area contributed by atoms with Crippen LogP contribution in [0.1, 0.15) is 11.1 Å². The molecule has 0 unspecified atom stereocenters. The van der Waals surface area contributed by atoms with Crippen LogP contribution in [-0.2, 0) is 0 Å². The van der Waals surface area contributed by atoms with E-state index in [9.17, 15) is 10.1 Å². The van der Waals surface area contributed by atoms with Crippen molar-refractivity contribution in [2.24, 2.45) is 0 Å². The predicted octanol–water partition coefficient (Wildman–Crippen LogP) is 4.50. The number of aromatic nitrogens is 2. The minimum atomic E-state index is -0.506. The van der Waals surface area contributed by atoms with Crippen molar-refractivity contribution in [2.45, 2.75) is 13.8 Å². The summed E-state index contributed by atoms with van der Waals surface area (Å²) < 4.78 is 5.18. The van der Waals surface area contributed by atoms with Crippen LogP contribution in [0.5, 0.6) is 5.75 Å². The number of ether oxygens (including phenoxy) is 1. The van der Waals surface area contributed by atoms with Crippen LogP contribution in [-0.4, -0.2) is 22.0 Å². The molecule has 0 spiro atoms. The Kier molecular flexibility index (Phi) is 5.16. The molecule has 8 heteroatoms. The highest BCUT2D eigenvalue weighted by molar-refractivity contribution is 5.77. The number of hydrogen-bond acceptors (Lipinski definition) is 7. The lowest BCUT2D eigenvalue weighted by atomic mass is 10.1. The molecule has 0 aliphatic rings. The lowest BCUT2D eigenvalue weighted by Gasteiger charge is -2.11. The second-order valence-electron chi connectivity index (χ2n) is 6.03. The van der Waals surface area contributed by atoms with Crippen LogP contribution in [0.4, 0.5) is 28.7 Å². The van der Waals surface area contributed by atoms with E-state index in [-0.39, 0.29) is 17.3 Å². The zero-order valence-corrected chi connectivity index (χ0v) is 15.2. The number of aryl methyl sites for hydroxylation is 2. The molecule has 138 valence electrons. The fraction of sp³-hybridized carbons (Fsp3) is 0.158. The third-order valence-electron chi connectivity index (χ3n) is 3.82. The predicted molar refractivity (Wildman–Crippen MR) is 104 cm³/mol. The van der Waals surface area contributed by atoms with Crippen molar-refractivity contribution >= 4 is 28.7 Å². The Morgan fingerprint density at radius 3 is 2.19 bits per heavy atom. The van der Waals surface area contributed by atoms with Crippen molar-refractivity contribution in [1.29, 1.82) is 0 Å². The zero-order valence-electron chi connectivity index (χ0n) is 15.2. The minimum Gasteiger partial charge on any atom is -0.497 e. The largest absolute Gasteiger partial charge is 0.497 e. The van der Waals surface area contributed by atoms with E-state index in [4.69, 9.17) is 4.74 Å². The fourth-order valence-corrected chi connectivity index (χ4v) is 2.76. The Morgan fingerprint density at radius 2 is 1.59 bits per heavy atom. The van der Waals surface area contributed by atoms with Crippen LogP contribution in [0.25, 0.3) is 0 Å². The monoisotopic (exact) mass is 365 g/mol. The molecule has 0 amide bonds. The third kappa shape index (κ3) is 4.30. The van der Waals surface area contributed by atoms with Crippen molar-refractivity contribution < 1.29 is 9.66 Å². The first-order valence-corrected chi connectivity index (χ1v) is 8.22. The van der Waals surface area contributed by atoms with Crippen LogP contribution in [0.2, 0.25) is 0 Å². The van der Waals surface area contributed by atoms with Crippen molar-refractivity contribution in [3.63, 3.8) is 0 Å². The number of nitrogens with one attached hydrogen (secondary N) is 2. The maximum atomic E-state index is 11.7. The highest BCUT2D eigenvalue weighted by Gasteiger charge is 2.23. The Labute approximate surface area is 156 Å². The molecule has 3 rings (SSSR count). The molecule has 0 aliphatic heterocycles. The maximum absolute atomic E-state index is 11.7. The molecule has 0 saturated carbocycles. The van der Waals surface area contributed by atoms with Gasteiger partial charge in [0.15, 0.2) is 0 Å². The minimum absolute atomic E-state index is 0.0927. The average Bonchev–Trinajstić information content (AvgIpc) is 2.61. The molecule has 0 aliphatic carbocycles. The molecule has 1 aromatic heterocycles. The molecule has 0 bridgehead atoms. The van der Waals surface area contributed by atoms with E-state index in [1.807, 2.05) is 32.0 Å². The van der Waals surface area contributed by atoms with Crippen LogP contribution >= 0.6 is 0 Å². The van der Waals surface area contributed by atoms with Gasteiger partial charge in [-0.3, -0.25) is 10.1 Å². The molecule has 0 radical (unpaired) electrons. The summed E-state index contributed by atoms with van der Waals surface area (Å²) in [5.74, 6) is 0.839. The molecule has 2 aromatic carbocycles. The molecule has 8 nitrogen and oxygen atoms in total. The first-order valence-electron chi connectivity index (χ1n) is 8.22. The van der Waals surface area contributed by atoms with E-state index in [1.165, 1.54) is 6.33 Å². The molecular weight excluding hydrogens is 346 g/mol. The highest BCUT2D eigenvalue weighted by Crippen LogP contribution is 2.33. The van der Waals surface area contributed by atoms with Gasteiger partial charge in [-0.25, -0.2) is 9.97 Å². The number of methoxy groups -OCH3 is 1. The van der Waals surface area contributed by atoms with E-state index >= 15 is 0 Å². The van der Waals surface area contributed by atoms with Gasteiger partial charge in [-0.05, 0) is 49.2 Å². The van der Waals surface area contributed by atoms with Gasteiger partial charge in [0, 0.05) is 17.4 Å². The second-order valence-corrected chi connectivity index (χ2v) is 6.03. The first-order chi connectivity index (χ1) is 13.0. The van der Waals surface area contributed by atoms with Crippen LogP contribution in [0.3, 0.4) is 0 Å². The van der Waals surface area contributed by atoms with E-state index in [0.29, 0.717) is 11.4 Å². The van der Waals surface area contributed by atoms with Gasteiger partial charge in [-0.15, -0.1) is 0 Å². The number of benzene rings is 2. The van der Waals surface area contributed by atoms with Gasteiger partial charge in [0.25, 0.3) is 0 Å². The van der Waals surface area contributed by atoms with E-state index in [1.54, 1.807) is 31.4 Å². The summed E-state index contributed by atoms with van der Waals surface area (Å²) in [6.45, 7) is 3.92. The average molecular weight is 365 g/mol. The van der Waals surface area contributed by atoms with Crippen molar-refractivity contribution in [3.8, 4) is 5.75 Å². The van der Waals surface area contributed by atoms with Gasteiger partial charge in [-0.2, -0.15) is 0 Å². The molecule has 27 heavy (non-hydrogen) atoms. The zero-order chi connectivity index (χ0) is 19.4. The summed E-state index contributed by atoms with van der Waals surface area (Å²) >= 11 is 0. The normalized spacial score (nSPS) is 10.3. The number of hydrogen-bond donors (Lipinski definition) is 2. The molecule has 0 saturated heterocycles. The fourth-order valence-electron chi connectivity index (χ4n) is 2.76. The topological polar surface area (TPSA) is 102 Å².